The minimum absolute atomic E-state index is 0.360. The summed E-state index contributed by atoms with van der Waals surface area (Å²) in [4.78, 5) is 21.8. The zero-order valence-corrected chi connectivity index (χ0v) is 9.47. The first-order valence-electron chi connectivity index (χ1n) is 4.97. The molecule has 0 unspecified atom stereocenters. The Bertz CT molecular complexity index is 279. The number of amides is 2. The van der Waals surface area contributed by atoms with Crippen LogP contribution in [0.4, 0.5) is 18.0 Å². The molecule has 1 atom stereocenters. The molecule has 0 radical (unpaired) electrons. The fourth-order valence-electron chi connectivity index (χ4n) is 1.02. The summed E-state index contributed by atoms with van der Waals surface area (Å²) in [5.74, 6) is -1.59. The molecule has 0 aromatic rings. The summed E-state index contributed by atoms with van der Waals surface area (Å²) in [7, 11) is 0. The van der Waals surface area contributed by atoms with Crippen molar-refractivity contribution in [2.24, 2.45) is 5.92 Å². The summed E-state index contributed by atoms with van der Waals surface area (Å²) in [6, 6.07) is -2.05. The molecule has 0 bridgehead atoms. The Morgan fingerprint density at radius 1 is 1.29 bits per heavy atom. The second-order valence-electron chi connectivity index (χ2n) is 3.83. The van der Waals surface area contributed by atoms with E-state index in [1.807, 2.05) is 5.32 Å². The number of carboxylic acid groups (broad SMARTS) is 1. The quantitative estimate of drug-likeness (QED) is 0.694. The third-order valence-corrected chi connectivity index (χ3v) is 1.91. The number of aliphatic carboxylic acids is 1. The Morgan fingerprint density at radius 2 is 1.82 bits per heavy atom. The number of nitrogens with one attached hydrogen (secondary N) is 2. The van der Waals surface area contributed by atoms with Gasteiger partial charge in [-0.2, -0.15) is 13.2 Å². The molecule has 0 saturated carbocycles. The number of urea groups is 1. The topological polar surface area (TPSA) is 78.4 Å². The Labute approximate surface area is 96.4 Å². The number of carbonyl (C=O) groups excluding carboxylic acids is 1. The van der Waals surface area contributed by atoms with Crippen LogP contribution in [0.5, 0.6) is 0 Å². The van der Waals surface area contributed by atoms with Crippen molar-refractivity contribution in [1.29, 1.82) is 0 Å². The van der Waals surface area contributed by atoms with E-state index in [0.29, 0.717) is 0 Å². The maximum Gasteiger partial charge on any atom is 0.390 e. The predicted molar refractivity (Wildman–Crippen MR) is 53.5 cm³/mol. The number of carboxylic acids is 1. The zero-order valence-electron chi connectivity index (χ0n) is 9.47. The Balaban J connectivity index is 4.04. The maximum atomic E-state index is 11.8. The second-order valence-corrected chi connectivity index (χ2v) is 3.83. The molecule has 0 aliphatic heterocycles. The van der Waals surface area contributed by atoms with Crippen LogP contribution < -0.4 is 10.6 Å². The van der Waals surface area contributed by atoms with Gasteiger partial charge in [0.2, 0.25) is 0 Å². The van der Waals surface area contributed by atoms with Crippen molar-refractivity contribution in [3.05, 3.63) is 0 Å². The van der Waals surface area contributed by atoms with E-state index in [-0.39, 0.29) is 5.92 Å². The van der Waals surface area contributed by atoms with Gasteiger partial charge in [-0.1, -0.05) is 13.8 Å². The molecular formula is C9H15F3N2O3. The van der Waals surface area contributed by atoms with Crippen LogP contribution >= 0.6 is 0 Å². The van der Waals surface area contributed by atoms with Crippen LogP contribution in [0.3, 0.4) is 0 Å². The third kappa shape index (κ3) is 7.42. The van der Waals surface area contributed by atoms with Crippen molar-refractivity contribution in [3.63, 3.8) is 0 Å². The largest absolute Gasteiger partial charge is 0.480 e. The highest BCUT2D eigenvalue weighted by Crippen LogP contribution is 2.18. The van der Waals surface area contributed by atoms with Crippen LogP contribution in [-0.2, 0) is 4.79 Å². The van der Waals surface area contributed by atoms with Gasteiger partial charge in [0.05, 0.1) is 6.42 Å². The molecule has 0 aliphatic rings. The van der Waals surface area contributed by atoms with Crippen LogP contribution in [0.25, 0.3) is 0 Å². The number of alkyl halides is 3. The van der Waals surface area contributed by atoms with E-state index in [2.05, 4.69) is 5.32 Å². The SMILES string of the molecule is CC(C)[C@H](NC(=O)NCCC(F)(F)F)C(=O)O. The van der Waals surface area contributed by atoms with Gasteiger partial charge in [-0.15, -0.1) is 0 Å². The summed E-state index contributed by atoms with van der Waals surface area (Å²) < 4.78 is 35.3. The van der Waals surface area contributed by atoms with Gasteiger partial charge in [0.25, 0.3) is 0 Å². The van der Waals surface area contributed by atoms with Crippen LogP contribution in [0.15, 0.2) is 0 Å². The molecule has 0 aromatic carbocycles. The molecule has 3 N–H and O–H groups in total. The third-order valence-electron chi connectivity index (χ3n) is 1.91. The smallest absolute Gasteiger partial charge is 0.390 e. The molecule has 17 heavy (non-hydrogen) atoms. The van der Waals surface area contributed by atoms with Gasteiger partial charge in [-0.3, -0.25) is 0 Å². The average Bonchev–Trinajstić information content (AvgIpc) is 2.10. The molecule has 8 heteroatoms. The van der Waals surface area contributed by atoms with E-state index in [1.54, 1.807) is 13.8 Å². The summed E-state index contributed by atoms with van der Waals surface area (Å²) in [5, 5.41) is 12.8. The highest BCUT2D eigenvalue weighted by molar-refractivity contribution is 5.82. The van der Waals surface area contributed by atoms with Gasteiger partial charge < -0.3 is 15.7 Å². The molecule has 0 rings (SSSR count). The molecule has 0 aliphatic carbocycles. The number of hydrogen-bond donors (Lipinski definition) is 3. The van der Waals surface area contributed by atoms with E-state index >= 15 is 0 Å². The second kappa shape index (κ2) is 6.31. The highest BCUT2D eigenvalue weighted by atomic mass is 19.4. The van der Waals surface area contributed by atoms with Gasteiger partial charge in [0, 0.05) is 6.54 Å². The fourth-order valence-corrected chi connectivity index (χ4v) is 1.02. The first-order valence-corrected chi connectivity index (χ1v) is 4.97. The van der Waals surface area contributed by atoms with E-state index in [9.17, 15) is 22.8 Å². The lowest BCUT2D eigenvalue weighted by Crippen LogP contribution is -2.49. The van der Waals surface area contributed by atoms with Gasteiger partial charge in [-0.25, -0.2) is 9.59 Å². The minimum Gasteiger partial charge on any atom is -0.480 e. The summed E-state index contributed by atoms with van der Waals surface area (Å²) >= 11 is 0. The number of rotatable bonds is 5. The van der Waals surface area contributed by atoms with E-state index in [0.717, 1.165) is 0 Å². The molecule has 5 nitrogen and oxygen atoms in total. The number of carbonyl (C=O) groups is 2. The average molecular weight is 256 g/mol. The van der Waals surface area contributed by atoms with Crippen LogP contribution in [0.2, 0.25) is 0 Å². The first-order chi connectivity index (χ1) is 7.63. The summed E-state index contributed by atoms with van der Waals surface area (Å²) in [6.45, 7) is 2.57. The molecular weight excluding hydrogens is 241 g/mol. The van der Waals surface area contributed by atoms with Gasteiger partial charge >= 0.3 is 18.2 Å². The molecule has 100 valence electrons. The Morgan fingerprint density at radius 3 is 2.18 bits per heavy atom. The standard InChI is InChI=1S/C9H15F3N2O3/c1-5(2)6(7(15)16)14-8(17)13-4-3-9(10,11)12/h5-6H,3-4H2,1-2H3,(H,15,16)(H2,13,14,17)/t6-/m0/s1. The predicted octanol–water partition coefficient (Wildman–Crippen LogP) is 1.35. The lowest BCUT2D eigenvalue weighted by Gasteiger charge is -2.18. The molecule has 2 amide bonds. The molecule has 0 spiro atoms. The van der Waals surface area contributed by atoms with Gasteiger partial charge in [0.15, 0.2) is 0 Å². The summed E-state index contributed by atoms with van der Waals surface area (Å²) in [6.07, 6.45) is -5.50. The lowest BCUT2D eigenvalue weighted by molar-refractivity contribution is -0.140. The zero-order chi connectivity index (χ0) is 13.6. The monoisotopic (exact) mass is 256 g/mol. The normalized spacial score (nSPS) is 13.3. The Kier molecular flexibility index (Phi) is 5.77. The highest BCUT2D eigenvalue weighted by Gasteiger charge is 2.27. The summed E-state index contributed by atoms with van der Waals surface area (Å²) in [5.41, 5.74) is 0. The van der Waals surface area contributed by atoms with Crippen LogP contribution in [0, 0.1) is 5.92 Å². The lowest BCUT2D eigenvalue weighted by atomic mass is 10.1. The maximum absolute atomic E-state index is 11.8. The van der Waals surface area contributed by atoms with Gasteiger partial charge in [-0.05, 0) is 5.92 Å². The molecule has 0 saturated heterocycles. The fraction of sp³-hybridized carbons (Fsp3) is 0.778. The van der Waals surface area contributed by atoms with Crippen molar-refractivity contribution < 1.29 is 27.9 Å². The van der Waals surface area contributed by atoms with Crippen molar-refractivity contribution >= 4 is 12.0 Å². The first kappa shape index (κ1) is 15.5. The van der Waals surface area contributed by atoms with Crippen molar-refractivity contribution in [2.75, 3.05) is 6.54 Å². The van der Waals surface area contributed by atoms with Crippen LogP contribution in [0.1, 0.15) is 20.3 Å². The molecule has 0 aromatic heterocycles. The Hall–Kier alpha value is -1.47. The number of hydrogen-bond acceptors (Lipinski definition) is 2. The van der Waals surface area contributed by atoms with E-state index < -0.39 is 37.2 Å². The van der Waals surface area contributed by atoms with Crippen molar-refractivity contribution in [2.45, 2.75) is 32.5 Å². The minimum atomic E-state index is -4.35. The molecule has 0 fully saturated rings. The van der Waals surface area contributed by atoms with Crippen LogP contribution in [-0.4, -0.2) is 35.9 Å². The van der Waals surface area contributed by atoms with Crippen molar-refractivity contribution in [1.82, 2.24) is 10.6 Å². The van der Waals surface area contributed by atoms with Gasteiger partial charge in [0.1, 0.15) is 6.04 Å². The number of halogens is 3. The van der Waals surface area contributed by atoms with E-state index in [4.69, 9.17) is 5.11 Å². The molecule has 0 heterocycles. The van der Waals surface area contributed by atoms with Crippen molar-refractivity contribution in [3.8, 4) is 0 Å². The van der Waals surface area contributed by atoms with E-state index in [1.165, 1.54) is 0 Å².